The summed E-state index contributed by atoms with van der Waals surface area (Å²) in [4.78, 5) is 9.31. The number of rotatable bonds is 1. The van der Waals surface area contributed by atoms with Crippen molar-refractivity contribution in [1.29, 1.82) is 0 Å². The molecule has 0 aromatic carbocycles. The van der Waals surface area contributed by atoms with Crippen molar-refractivity contribution in [1.82, 2.24) is 10.5 Å². The van der Waals surface area contributed by atoms with Crippen LogP contribution in [0.4, 0.5) is 0 Å². The van der Waals surface area contributed by atoms with Crippen LogP contribution in [0.3, 0.4) is 0 Å². The second kappa shape index (κ2) is 3.89. The van der Waals surface area contributed by atoms with Gasteiger partial charge in [-0.05, 0) is 47.1 Å². The van der Waals surface area contributed by atoms with E-state index in [4.69, 9.17) is 4.84 Å². The largest absolute Gasteiger partial charge is 0.301 e. The molecule has 1 aliphatic rings. The van der Waals surface area contributed by atoms with Crippen LogP contribution >= 0.6 is 22.6 Å². The zero-order valence-corrected chi connectivity index (χ0v) is 9.54. The first-order valence-corrected chi connectivity index (χ1v) is 5.34. The number of hydrogen-bond donors (Lipinski definition) is 1. The highest BCUT2D eigenvalue weighted by atomic mass is 127. The van der Waals surface area contributed by atoms with Gasteiger partial charge in [0.15, 0.2) is 0 Å². The molecular formula is C9H11IN2O. The van der Waals surface area contributed by atoms with Gasteiger partial charge in [0.05, 0.1) is 12.6 Å². The Hall–Kier alpha value is -0.200. The van der Waals surface area contributed by atoms with Crippen molar-refractivity contribution >= 4 is 22.6 Å². The number of halogens is 1. The average Bonchev–Trinajstić information content (AvgIpc) is 2.62. The lowest BCUT2D eigenvalue weighted by Crippen LogP contribution is -2.13. The highest BCUT2D eigenvalue weighted by Gasteiger charge is 2.19. The highest BCUT2D eigenvalue weighted by molar-refractivity contribution is 14.1. The van der Waals surface area contributed by atoms with Gasteiger partial charge in [-0.3, -0.25) is 4.98 Å². The van der Waals surface area contributed by atoms with E-state index in [1.54, 1.807) is 0 Å². The van der Waals surface area contributed by atoms with E-state index >= 15 is 0 Å². The van der Waals surface area contributed by atoms with E-state index in [0.29, 0.717) is 6.04 Å². The molecule has 0 unspecified atom stereocenters. The Morgan fingerprint density at radius 3 is 3.15 bits per heavy atom. The van der Waals surface area contributed by atoms with E-state index in [9.17, 15) is 0 Å². The minimum Gasteiger partial charge on any atom is -0.301 e. The van der Waals surface area contributed by atoms with Crippen LogP contribution in [0.25, 0.3) is 0 Å². The van der Waals surface area contributed by atoms with Crippen LogP contribution in [0.1, 0.15) is 23.6 Å². The lowest BCUT2D eigenvalue weighted by Gasteiger charge is -2.12. The first-order valence-electron chi connectivity index (χ1n) is 4.26. The molecule has 1 atom stereocenters. The van der Waals surface area contributed by atoms with Crippen molar-refractivity contribution in [3.63, 3.8) is 0 Å². The normalized spacial score (nSPS) is 22.2. The predicted molar refractivity (Wildman–Crippen MR) is 58.1 cm³/mol. The van der Waals surface area contributed by atoms with Gasteiger partial charge >= 0.3 is 0 Å². The molecule has 0 amide bonds. The molecule has 1 saturated heterocycles. The number of hydroxylamine groups is 1. The molecule has 1 aromatic heterocycles. The van der Waals surface area contributed by atoms with E-state index in [2.05, 4.69) is 40.0 Å². The first-order chi connectivity index (χ1) is 6.29. The fourth-order valence-corrected chi connectivity index (χ4v) is 1.95. The Morgan fingerprint density at radius 1 is 1.62 bits per heavy atom. The smallest absolute Gasteiger partial charge is 0.0701 e. The van der Waals surface area contributed by atoms with Crippen LogP contribution in [0, 0.1) is 10.5 Å². The molecule has 1 fully saturated rings. The molecule has 0 bridgehead atoms. The van der Waals surface area contributed by atoms with E-state index in [0.717, 1.165) is 13.0 Å². The molecule has 1 N–H and O–H groups in total. The van der Waals surface area contributed by atoms with Gasteiger partial charge < -0.3 is 4.84 Å². The van der Waals surface area contributed by atoms with Gasteiger partial charge in [-0.15, -0.1) is 0 Å². The van der Waals surface area contributed by atoms with Crippen molar-refractivity contribution in [2.24, 2.45) is 0 Å². The third-order valence-electron chi connectivity index (χ3n) is 2.30. The molecule has 1 aliphatic heterocycles. The van der Waals surface area contributed by atoms with Crippen molar-refractivity contribution in [3.8, 4) is 0 Å². The minimum atomic E-state index is 0.321. The summed E-state index contributed by atoms with van der Waals surface area (Å²) in [5.41, 5.74) is 5.56. The summed E-state index contributed by atoms with van der Waals surface area (Å²) in [6.07, 6.45) is 4.83. The van der Waals surface area contributed by atoms with Crippen LogP contribution in [-0.2, 0) is 4.84 Å². The molecule has 70 valence electrons. The average molecular weight is 290 g/mol. The zero-order valence-electron chi connectivity index (χ0n) is 7.38. The van der Waals surface area contributed by atoms with Gasteiger partial charge in [0.25, 0.3) is 0 Å². The standard InChI is InChI=1S/C9H11IN2O/c1-6-7(4-11-5-8(6)10)9-2-3-13-12-9/h4-5,9,12H,2-3H2,1H3/t9-/m0/s1. The summed E-state index contributed by atoms with van der Waals surface area (Å²) in [5.74, 6) is 0. The van der Waals surface area contributed by atoms with E-state index in [-0.39, 0.29) is 0 Å². The van der Waals surface area contributed by atoms with Gasteiger partial charge in [0, 0.05) is 16.0 Å². The van der Waals surface area contributed by atoms with Crippen LogP contribution < -0.4 is 5.48 Å². The molecular weight excluding hydrogens is 279 g/mol. The fraction of sp³-hybridized carbons (Fsp3) is 0.444. The molecule has 13 heavy (non-hydrogen) atoms. The minimum absolute atomic E-state index is 0.321. The molecule has 0 aliphatic carbocycles. The van der Waals surface area contributed by atoms with Gasteiger partial charge in [-0.1, -0.05) is 0 Å². The van der Waals surface area contributed by atoms with Crippen LogP contribution in [-0.4, -0.2) is 11.6 Å². The molecule has 1 aromatic rings. The van der Waals surface area contributed by atoms with Crippen LogP contribution in [0.5, 0.6) is 0 Å². The Bertz CT molecular complexity index is 310. The Morgan fingerprint density at radius 2 is 2.46 bits per heavy atom. The Balaban J connectivity index is 2.33. The predicted octanol–water partition coefficient (Wildman–Crippen LogP) is 1.96. The summed E-state index contributed by atoms with van der Waals surface area (Å²) < 4.78 is 1.21. The molecule has 0 radical (unpaired) electrons. The Kier molecular flexibility index (Phi) is 2.80. The lowest BCUT2D eigenvalue weighted by molar-refractivity contribution is 0.0881. The molecule has 2 heterocycles. The lowest BCUT2D eigenvalue weighted by atomic mass is 10.0. The van der Waals surface area contributed by atoms with E-state index in [1.165, 1.54) is 14.7 Å². The van der Waals surface area contributed by atoms with Crippen LogP contribution in [0.15, 0.2) is 12.4 Å². The summed E-state index contributed by atoms with van der Waals surface area (Å²) in [7, 11) is 0. The van der Waals surface area contributed by atoms with Crippen molar-refractivity contribution in [3.05, 3.63) is 27.1 Å². The summed E-state index contributed by atoms with van der Waals surface area (Å²) in [6.45, 7) is 2.91. The third-order valence-corrected chi connectivity index (χ3v) is 3.39. The van der Waals surface area contributed by atoms with Gasteiger partial charge in [-0.25, -0.2) is 0 Å². The zero-order chi connectivity index (χ0) is 9.26. The molecule has 2 rings (SSSR count). The Labute approximate surface area is 91.0 Å². The molecule has 4 heteroatoms. The SMILES string of the molecule is Cc1c(I)cncc1[C@@H]1CCON1. The van der Waals surface area contributed by atoms with Crippen molar-refractivity contribution in [2.75, 3.05) is 6.61 Å². The molecule has 3 nitrogen and oxygen atoms in total. The summed E-state index contributed by atoms with van der Waals surface area (Å²) >= 11 is 2.31. The second-order valence-corrected chi connectivity index (χ2v) is 4.31. The third kappa shape index (κ3) is 1.84. The quantitative estimate of drug-likeness (QED) is 0.803. The van der Waals surface area contributed by atoms with Crippen molar-refractivity contribution < 1.29 is 4.84 Å². The van der Waals surface area contributed by atoms with Gasteiger partial charge in [0.2, 0.25) is 0 Å². The maximum Gasteiger partial charge on any atom is 0.0701 e. The highest BCUT2D eigenvalue weighted by Crippen LogP contribution is 2.25. The number of hydrogen-bond acceptors (Lipinski definition) is 3. The number of aromatic nitrogens is 1. The second-order valence-electron chi connectivity index (χ2n) is 3.14. The summed E-state index contributed by atoms with van der Waals surface area (Å²) in [5, 5.41) is 0. The maximum absolute atomic E-state index is 5.13. The first kappa shape index (κ1) is 9.36. The van der Waals surface area contributed by atoms with Crippen LogP contribution in [0.2, 0.25) is 0 Å². The molecule has 0 saturated carbocycles. The topological polar surface area (TPSA) is 34.1 Å². The monoisotopic (exact) mass is 290 g/mol. The number of nitrogens with one attached hydrogen (secondary N) is 1. The molecule has 0 spiro atoms. The maximum atomic E-state index is 5.13. The van der Waals surface area contributed by atoms with E-state index < -0.39 is 0 Å². The van der Waals surface area contributed by atoms with Gasteiger partial charge in [-0.2, -0.15) is 5.48 Å². The van der Waals surface area contributed by atoms with E-state index in [1.807, 2.05) is 12.4 Å². The number of nitrogens with zero attached hydrogens (tertiary/aromatic N) is 1. The van der Waals surface area contributed by atoms with Crippen molar-refractivity contribution in [2.45, 2.75) is 19.4 Å². The van der Waals surface area contributed by atoms with Gasteiger partial charge in [0.1, 0.15) is 0 Å². The number of pyridine rings is 1. The fourth-order valence-electron chi connectivity index (χ4n) is 1.48. The summed E-state index contributed by atoms with van der Waals surface area (Å²) in [6, 6.07) is 0.321.